The molecule has 0 aromatic heterocycles. The van der Waals surface area contributed by atoms with Gasteiger partial charge >= 0.3 is 5.97 Å². The lowest BCUT2D eigenvalue weighted by atomic mass is 9.86. The molecule has 0 bridgehead atoms. The Morgan fingerprint density at radius 3 is 2.48 bits per heavy atom. The maximum atomic E-state index is 11.1. The molecule has 2 aromatic carbocycles. The number of hydrogen-bond acceptors (Lipinski definition) is 3. The first-order chi connectivity index (χ1) is 15.0. The van der Waals surface area contributed by atoms with Crippen molar-refractivity contribution in [2.75, 3.05) is 19.6 Å². The fourth-order valence-corrected chi connectivity index (χ4v) is 5.36. The molecule has 1 saturated heterocycles. The van der Waals surface area contributed by atoms with Gasteiger partial charge in [-0.25, -0.2) is 0 Å². The highest BCUT2D eigenvalue weighted by Gasteiger charge is 2.24. The lowest BCUT2D eigenvalue weighted by molar-refractivity contribution is -0.143. The molecule has 1 aliphatic heterocycles. The molecule has 1 saturated carbocycles. The second kappa shape index (κ2) is 10.2. The topological polar surface area (TPSA) is 49.8 Å². The molecule has 0 amide bonds. The summed E-state index contributed by atoms with van der Waals surface area (Å²) in [5, 5.41) is 12.1. The quantitative estimate of drug-likeness (QED) is 0.555. The van der Waals surface area contributed by atoms with E-state index in [1.54, 1.807) is 0 Å². The van der Waals surface area contributed by atoms with Gasteiger partial charge < -0.3 is 14.7 Å². The molecule has 1 N–H and O–H groups in total. The van der Waals surface area contributed by atoms with Gasteiger partial charge in [0, 0.05) is 11.9 Å². The Balaban J connectivity index is 1.39. The summed E-state index contributed by atoms with van der Waals surface area (Å²) in [6.45, 7) is 4.96. The third-order valence-electron chi connectivity index (χ3n) is 7.30. The summed E-state index contributed by atoms with van der Waals surface area (Å²) in [4.78, 5) is 13.5. The average molecular weight is 444 g/mol. The molecule has 2 aromatic rings. The summed E-state index contributed by atoms with van der Waals surface area (Å²) in [5.74, 6) is 0.831. The van der Waals surface area contributed by atoms with E-state index in [1.165, 1.54) is 24.8 Å². The highest BCUT2D eigenvalue weighted by molar-refractivity contribution is 6.37. The molecule has 1 heterocycles. The molecule has 1 aliphatic carbocycles. The molecule has 0 spiro atoms. The molecule has 4 nitrogen and oxygen atoms in total. The number of nitrogens with zero attached hydrogens (tertiary/aromatic N) is 1. The third-order valence-corrected chi connectivity index (χ3v) is 7.69. The first kappa shape index (κ1) is 22.4. The first-order valence-electron chi connectivity index (χ1n) is 11.9. The smallest absolute Gasteiger partial charge is 0.306 e. The zero-order chi connectivity index (χ0) is 21.8. The minimum absolute atomic E-state index is 0.175. The van der Waals surface area contributed by atoms with E-state index in [9.17, 15) is 4.79 Å². The van der Waals surface area contributed by atoms with Crippen molar-refractivity contribution < 1.29 is 14.6 Å². The van der Waals surface area contributed by atoms with Crippen LogP contribution in [-0.4, -0.2) is 41.7 Å². The van der Waals surface area contributed by atoms with Gasteiger partial charge in [-0.1, -0.05) is 43.1 Å². The Kier molecular flexibility index (Phi) is 7.39. The van der Waals surface area contributed by atoms with Crippen molar-refractivity contribution in [3.8, 4) is 5.75 Å². The summed E-state index contributed by atoms with van der Waals surface area (Å²) in [7, 11) is 0. The number of fused-ring (bicyclic) bond motifs is 1. The molecular weight excluding hydrogens is 410 g/mol. The Labute approximate surface area is 190 Å². The SMILES string of the molecule is CCC1CCC(Oc2ccc3ccc(CCN4CCC(C(=O)O)CC4)cc3c2Cl)CC1. The maximum absolute atomic E-state index is 11.1. The summed E-state index contributed by atoms with van der Waals surface area (Å²) in [6.07, 6.45) is 8.71. The highest BCUT2D eigenvalue weighted by atomic mass is 35.5. The van der Waals surface area contributed by atoms with E-state index in [4.69, 9.17) is 21.4 Å². The van der Waals surface area contributed by atoms with E-state index in [-0.39, 0.29) is 12.0 Å². The predicted molar refractivity (Wildman–Crippen MR) is 126 cm³/mol. The van der Waals surface area contributed by atoms with Crippen molar-refractivity contribution in [2.24, 2.45) is 11.8 Å². The van der Waals surface area contributed by atoms with Crippen LogP contribution >= 0.6 is 11.6 Å². The monoisotopic (exact) mass is 443 g/mol. The number of carbonyl (C=O) groups is 1. The van der Waals surface area contributed by atoms with Crippen LogP contribution in [0, 0.1) is 11.8 Å². The Bertz CT molecular complexity index is 899. The van der Waals surface area contributed by atoms with Crippen LogP contribution in [0.4, 0.5) is 0 Å². The van der Waals surface area contributed by atoms with Crippen molar-refractivity contribution in [3.05, 3.63) is 40.9 Å². The van der Waals surface area contributed by atoms with E-state index in [0.717, 1.165) is 79.2 Å². The highest BCUT2D eigenvalue weighted by Crippen LogP contribution is 2.36. The number of halogens is 1. The summed E-state index contributed by atoms with van der Waals surface area (Å²) >= 11 is 6.79. The fourth-order valence-electron chi connectivity index (χ4n) is 5.08. The number of piperidine rings is 1. The minimum atomic E-state index is -0.653. The zero-order valence-electron chi connectivity index (χ0n) is 18.5. The van der Waals surface area contributed by atoms with Gasteiger partial charge in [0.05, 0.1) is 17.0 Å². The van der Waals surface area contributed by atoms with Gasteiger partial charge in [-0.2, -0.15) is 0 Å². The van der Waals surface area contributed by atoms with E-state index >= 15 is 0 Å². The predicted octanol–water partition coefficient (Wildman–Crippen LogP) is 6.18. The molecule has 168 valence electrons. The zero-order valence-corrected chi connectivity index (χ0v) is 19.2. The van der Waals surface area contributed by atoms with Crippen molar-refractivity contribution in [2.45, 2.75) is 64.4 Å². The van der Waals surface area contributed by atoms with Crippen molar-refractivity contribution in [1.82, 2.24) is 4.90 Å². The van der Waals surface area contributed by atoms with Crippen molar-refractivity contribution in [1.29, 1.82) is 0 Å². The molecule has 2 aliphatic rings. The Morgan fingerprint density at radius 1 is 1.10 bits per heavy atom. The molecule has 2 fully saturated rings. The van der Waals surface area contributed by atoms with Crippen LogP contribution in [0.5, 0.6) is 5.75 Å². The molecule has 0 radical (unpaired) electrons. The largest absolute Gasteiger partial charge is 0.489 e. The molecular formula is C26H34ClNO3. The normalized spacial score (nSPS) is 23.2. The van der Waals surface area contributed by atoms with Gasteiger partial charge in [0.2, 0.25) is 0 Å². The van der Waals surface area contributed by atoms with Crippen molar-refractivity contribution in [3.63, 3.8) is 0 Å². The van der Waals surface area contributed by atoms with Crippen LogP contribution in [0.2, 0.25) is 5.02 Å². The number of carboxylic acids is 1. The lowest BCUT2D eigenvalue weighted by Crippen LogP contribution is -2.37. The van der Waals surface area contributed by atoms with E-state index < -0.39 is 5.97 Å². The van der Waals surface area contributed by atoms with Crippen molar-refractivity contribution >= 4 is 28.3 Å². The summed E-state index contributed by atoms with van der Waals surface area (Å²) < 4.78 is 6.32. The fraction of sp³-hybridized carbons (Fsp3) is 0.577. The standard InChI is InChI=1S/C26H34ClNO3/c1-2-18-4-8-22(9-5-18)31-24-10-7-20-6-3-19(17-23(20)25(24)27)11-14-28-15-12-21(13-16-28)26(29)30/h3,6-7,10,17-18,21-22H,2,4-5,8-9,11-16H2,1H3,(H,29,30). The van der Waals surface area contributed by atoms with Gasteiger partial charge in [0.1, 0.15) is 5.75 Å². The number of hydrogen-bond donors (Lipinski definition) is 1. The maximum Gasteiger partial charge on any atom is 0.306 e. The summed E-state index contributed by atoms with van der Waals surface area (Å²) in [5.41, 5.74) is 1.26. The van der Waals surface area contributed by atoms with Crippen LogP contribution in [0.15, 0.2) is 30.3 Å². The van der Waals surface area contributed by atoms with Crippen LogP contribution < -0.4 is 4.74 Å². The van der Waals surface area contributed by atoms with E-state index in [2.05, 4.69) is 36.1 Å². The second-order valence-corrected chi connectivity index (χ2v) is 9.68. The number of ether oxygens (including phenoxy) is 1. The molecule has 31 heavy (non-hydrogen) atoms. The number of aliphatic carboxylic acids is 1. The van der Waals surface area contributed by atoms with Crippen LogP contribution in [0.25, 0.3) is 10.8 Å². The number of likely N-dealkylation sites (tertiary alicyclic amines) is 1. The second-order valence-electron chi connectivity index (χ2n) is 9.31. The third kappa shape index (κ3) is 5.53. The van der Waals surface area contributed by atoms with Crippen LogP contribution in [0.3, 0.4) is 0 Å². The van der Waals surface area contributed by atoms with Gasteiger partial charge in [-0.3, -0.25) is 4.79 Å². The molecule has 4 rings (SSSR count). The van der Waals surface area contributed by atoms with Gasteiger partial charge in [-0.15, -0.1) is 0 Å². The number of rotatable bonds is 7. The Morgan fingerprint density at radius 2 is 1.81 bits per heavy atom. The minimum Gasteiger partial charge on any atom is -0.489 e. The summed E-state index contributed by atoms with van der Waals surface area (Å²) in [6, 6.07) is 10.6. The average Bonchev–Trinajstić information content (AvgIpc) is 2.80. The van der Waals surface area contributed by atoms with Gasteiger partial charge in [0.25, 0.3) is 0 Å². The molecule has 0 unspecified atom stereocenters. The van der Waals surface area contributed by atoms with E-state index in [1.807, 2.05) is 6.07 Å². The van der Waals surface area contributed by atoms with Crippen LogP contribution in [-0.2, 0) is 11.2 Å². The lowest BCUT2D eigenvalue weighted by Gasteiger charge is -2.30. The Hall–Kier alpha value is -1.78. The number of carboxylic acid groups (broad SMARTS) is 1. The van der Waals surface area contributed by atoms with E-state index in [0.29, 0.717) is 0 Å². The van der Waals surface area contributed by atoms with Gasteiger partial charge in [-0.05, 0) is 87.0 Å². The van der Waals surface area contributed by atoms with Crippen LogP contribution in [0.1, 0.15) is 57.4 Å². The molecule has 0 atom stereocenters. The van der Waals surface area contributed by atoms with Gasteiger partial charge in [0.15, 0.2) is 0 Å². The number of benzene rings is 2. The molecule has 5 heteroatoms. The first-order valence-corrected chi connectivity index (χ1v) is 12.2.